The topological polar surface area (TPSA) is 85.7 Å². The fourth-order valence-corrected chi connectivity index (χ4v) is 3.05. The van der Waals surface area contributed by atoms with E-state index in [0.717, 1.165) is 5.56 Å². The van der Waals surface area contributed by atoms with E-state index < -0.39 is 6.10 Å². The molecule has 132 valence electrons. The number of amides is 1. The molecule has 1 aromatic carbocycles. The highest BCUT2D eigenvalue weighted by molar-refractivity contribution is 7.15. The van der Waals surface area contributed by atoms with Crippen LogP contribution in [0.1, 0.15) is 24.4 Å². The third-order valence-electron chi connectivity index (χ3n) is 3.68. The lowest BCUT2D eigenvalue weighted by Crippen LogP contribution is -2.34. The average Bonchev–Trinajstić information content (AvgIpc) is 3.20. The summed E-state index contributed by atoms with van der Waals surface area (Å²) in [6, 6.07) is 5.91. The number of rotatable bonds is 6. The summed E-state index contributed by atoms with van der Waals surface area (Å²) in [6.45, 7) is 4.66. The number of hydrogen-bond donors (Lipinski definition) is 1. The number of aromatic nitrogens is 2. The summed E-state index contributed by atoms with van der Waals surface area (Å²) in [5, 5.41) is 15.6. The van der Waals surface area contributed by atoms with Gasteiger partial charge in [0.2, 0.25) is 11.2 Å². The van der Waals surface area contributed by atoms with Crippen LogP contribution in [0.2, 0.25) is 0 Å². The largest absolute Gasteiger partial charge is 0.381 e. The maximum Gasteiger partial charge on any atom is 0.270 e. The van der Waals surface area contributed by atoms with Gasteiger partial charge in [-0.3, -0.25) is 10.1 Å². The molecular weight excluding hydrogens is 347 g/mol. The van der Waals surface area contributed by atoms with E-state index in [1.165, 1.54) is 23.5 Å². The van der Waals surface area contributed by atoms with E-state index in [-0.39, 0.29) is 17.6 Å². The molecule has 7 nitrogen and oxygen atoms in total. The summed E-state index contributed by atoms with van der Waals surface area (Å²) in [7, 11) is 0. The summed E-state index contributed by atoms with van der Waals surface area (Å²) >= 11 is 1.25. The smallest absolute Gasteiger partial charge is 0.270 e. The fraction of sp³-hybridized carbons (Fsp3) is 0.375. The van der Waals surface area contributed by atoms with Gasteiger partial charge >= 0.3 is 0 Å². The van der Waals surface area contributed by atoms with Crippen LogP contribution in [-0.2, 0) is 21.0 Å². The zero-order valence-corrected chi connectivity index (χ0v) is 14.5. The summed E-state index contributed by atoms with van der Waals surface area (Å²) in [6.07, 6.45) is -0.778. The molecule has 2 atom stereocenters. The number of anilines is 1. The van der Waals surface area contributed by atoms with Crippen molar-refractivity contribution in [2.75, 3.05) is 11.9 Å². The van der Waals surface area contributed by atoms with Crippen LogP contribution in [0.25, 0.3) is 0 Å². The van der Waals surface area contributed by atoms with Crippen LogP contribution in [0.4, 0.5) is 9.52 Å². The van der Waals surface area contributed by atoms with E-state index in [1.54, 1.807) is 12.1 Å². The standard InChI is InChI=1S/C16H17FN4O3S/c1-3-23-8-12-19-20-16(25-12)18-15(22)14-9(2)13(21-24-14)10-4-6-11(17)7-5-10/h4-7,9,14H,3,8H2,1-2H3,(H,18,20,22). The van der Waals surface area contributed by atoms with Gasteiger partial charge in [0.05, 0.1) is 11.6 Å². The SMILES string of the molecule is CCOCc1nnc(NC(=O)C2ON=C(c3ccc(F)cc3)C2C)s1. The Morgan fingerprint density at radius 2 is 2.12 bits per heavy atom. The Hall–Kier alpha value is -2.39. The average molecular weight is 364 g/mol. The van der Waals surface area contributed by atoms with Crippen molar-refractivity contribution >= 4 is 28.1 Å². The molecule has 1 N–H and O–H groups in total. The molecule has 0 bridgehead atoms. The number of carbonyl (C=O) groups is 1. The second kappa shape index (κ2) is 7.66. The molecule has 0 spiro atoms. The Labute approximate surface area is 147 Å². The highest BCUT2D eigenvalue weighted by atomic mass is 32.1. The zero-order valence-electron chi connectivity index (χ0n) is 13.7. The first-order valence-corrected chi connectivity index (χ1v) is 8.60. The lowest BCUT2D eigenvalue weighted by atomic mass is 9.94. The van der Waals surface area contributed by atoms with Crippen molar-refractivity contribution in [3.63, 3.8) is 0 Å². The minimum absolute atomic E-state index is 0.277. The van der Waals surface area contributed by atoms with Gasteiger partial charge in [-0.25, -0.2) is 4.39 Å². The van der Waals surface area contributed by atoms with Gasteiger partial charge in [-0.1, -0.05) is 35.5 Å². The molecule has 0 saturated carbocycles. The zero-order chi connectivity index (χ0) is 17.8. The molecule has 2 unspecified atom stereocenters. The Morgan fingerprint density at radius 3 is 2.84 bits per heavy atom. The quantitative estimate of drug-likeness (QED) is 0.851. The molecule has 3 rings (SSSR count). The molecule has 1 amide bonds. The Kier molecular flexibility index (Phi) is 5.34. The minimum atomic E-state index is -0.778. The molecule has 0 fully saturated rings. The Balaban J connectivity index is 1.62. The van der Waals surface area contributed by atoms with E-state index in [1.807, 2.05) is 13.8 Å². The van der Waals surface area contributed by atoms with Crippen molar-refractivity contribution in [3.05, 3.63) is 40.7 Å². The molecule has 2 aromatic rings. The van der Waals surface area contributed by atoms with Crippen molar-refractivity contribution in [2.24, 2.45) is 11.1 Å². The highest BCUT2D eigenvalue weighted by Gasteiger charge is 2.37. The maximum atomic E-state index is 13.0. The van der Waals surface area contributed by atoms with Crippen molar-refractivity contribution < 1.29 is 18.8 Å². The number of hydrogen-bond acceptors (Lipinski definition) is 7. The number of nitrogens with one attached hydrogen (secondary N) is 1. The second-order valence-electron chi connectivity index (χ2n) is 5.43. The molecule has 1 aromatic heterocycles. The number of carbonyl (C=O) groups excluding carboxylic acids is 1. The van der Waals surface area contributed by atoms with Crippen molar-refractivity contribution in [1.29, 1.82) is 0 Å². The van der Waals surface area contributed by atoms with Gasteiger partial charge in [-0.2, -0.15) is 0 Å². The molecule has 0 aliphatic carbocycles. The van der Waals surface area contributed by atoms with Crippen molar-refractivity contribution in [1.82, 2.24) is 10.2 Å². The van der Waals surface area contributed by atoms with E-state index in [0.29, 0.717) is 29.1 Å². The molecule has 25 heavy (non-hydrogen) atoms. The number of benzene rings is 1. The van der Waals surface area contributed by atoms with Crippen LogP contribution in [0.5, 0.6) is 0 Å². The fourth-order valence-electron chi connectivity index (χ4n) is 2.37. The van der Waals surface area contributed by atoms with Crippen LogP contribution < -0.4 is 5.32 Å². The maximum absolute atomic E-state index is 13.0. The van der Waals surface area contributed by atoms with Crippen LogP contribution in [0.3, 0.4) is 0 Å². The first kappa shape index (κ1) is 17.4. The first-order chi connectivity index (χ1) is 12.1. The van der Waals surface area contributed by atoms with Gasteiger partial charge in [0.1, 0.15) is 17.4 Å². The molecular formula is C16H17FN4O3S. The van der Waals surface area contributed by atoms with Crippen LogP contribution in [0, 0.1) is 11.7 Å². The highest BCUT2D eigenvalue weighted by Crippen LogP contribution is 2.25. The summed E-state index contributed by atoms with van der Waals surface area (Å²) < 4.78 is 18.3. The first-order valence-electron chi connectivity index (χ1n) is 7.79. The van der Waals surface area contributed by atoms with Crippen LogP contribution in [0.15, 0.2) is 29.4 Å². The molecule has 0 radical (unpaired) electrons. The van der Waals surface area contributed by atoms with Crippen LogP contribution >= 0.6 is 11.3 Å². The van der Waals surface area contributed by atoms with Crippen molar-refractivity contribution in [2.45, 2.75) is 26.6 Å². The van der Waals surface area contributed by atoms with Gasteiger partial charge < -0.3 is 9.57 Å². The number of halogens is 1. The number of oxime groups is 1. The molecule has 0 saturated heterocycles. The summed E-state index contributed by atoms with van der Waals surface area (Å²) in [5.74, 6) is -0.960. The summed E-state index contributed by atoms with van der Waals surface area (Å²) in [5.41, 5.74) is 1.33. The molecule has 2 heterocycles. The van der Waals surface area contributed by atoms with E-state index in [4.69, 9.17) is 9.57 Å². The van der Waals surface area contributed by atoms with E-state index in [9.17, 15) is 9.18 Å². The Morgan fingerprint density at radius 1 is 1.36 bits per heavy atom. The normalized spacial score (nSPS) is 19.4. The number of nitrogens with zero attached hydrogens (tertiary/aromatic N) is 3. The second-order valence-corrected chi connectivity index (χ2v) is 6.49. The molecule has 1 aliphatic rings. The Bertz CT molecular complexity index is 778. The van der Waals surface area contributed by atoms with Crippen LogP contribution in [-0.4, -0.2) is 34.5 Å². The predicted molar refractivity (Wildman–Crippen MR) is 90.8 cm³/mol. The third kappa shape index (κ3) is 3.99. The summed E-state index contributed by atoms with van der Waals surface area (Å²) in [4.78, 5) is 17.7. The lowest BCUT2D eigenvalue weighted by molar-refractivity contribution is -0.127. The van der Waals surface area contributed by atoms with Crippen molar-refractivity contribution in [3.8, 4) is 0 Å². The monoisotopic (exact) mass is 364 g/mol. The third-order valence-corrected chi connectivity index (χ3v) is 4.49. The minimum Gasteiger partial charge on any atom is -0.381 e. The lowest BCUT2D eigenvalue weighted by Gasteiger charge is -2.13. The number of ether oxygens (including phenoxy) is 1. The van der Waals surface area contributed by atoms with Gasteiger partial charge in [0.15, 0.2) is 0 Å². The van der Waals surface area contributed by atoms with E-state index >= 15 is 0 Å². The van der Waals surface area contributed by atoms with Gasteiger partial charge in [-0.05, 0) is 24.6 Å². The predicted octanol–water partition coefficient (Wildman–Crippen LogP) is 2.59. The van der Waals surface area contributed by atoms with Gasteiger partial charge in [-0.15, -0.1) is 10.2 Å². The molecule has 1 aliphatic heterocycles. The van der Waals surface area contributed by atoms with E-state index in [2.05, 4.69) is 20.7 Å². The van der Waals surface area contributed by atoms with Gasteiger partial charge in [0, 0.05) is 6.61 Å². The molecule has 9 heteroatoms. The van der Waals surface area contributed by atoms with Gasteiger partial charge in [0.25, 0.3) is 5.91 Å².